The molecule has 0 bridgehead atoms. The van der Waals surface area contributed by atoms with Gasteiger partial charge in [0.05, 0.1) is 22.2 Å². The lowest BCUT2D eigenvalue weighted by molar-refractivity contribution is 0.101. The Kier molecular flexibility index (Phi) is 2.40. The molecule has 2 aromatic heterocycles. The Morgan fingerprint density at radius 2 is 2.11 bits per heavy atom. The number of aryl methyl sites for hydroxylation is 1. The van der Waals surface area contributed by atoms with Gasteiger partial charge in [-0.15, -0.1) is 0 Å². The normalized spacial score (nSPS) is 11.2. The maximum absolute atomic E-state index is 11.4. The molecule has 2 heterocycles. The van der Waals surface area contributed by atoms with Crippen LogP contribution in [0.3, 0.4) is 0 Å². The summed E-state index contributed by atoms with van der Waals surface area (Å²) in [6, 6.07) is 9.79. The third kappa shape index (κ3) is 1.51. The molecule has 90 valence electrons. The minimum atomic E-state index is 0.0735. The summed E-state index contributed by atoms with van der Waals surface area (Å²) in [5, 5.41) is 0. The van der Waals surface area contributed by atoms with Crippen molar-refractivity contribution >= 4 is 22.3 Å². The molecule has 3 nitrogen and oxygen atoms in total. The fourth-order valence-corrected chi connectivity index (χ4v) is 2.32. The molecule has 18 heavy (non-hydrogen) atoms. The molecule has 0 radical (unpaired) electrons. The Hall–Kier alpha value is -2.16. The Morgan fingerprint density at radius 1 is 1.28 bits per heavy atom. The lowest BCUT2D eigenvalue weighted by atomic mass is 10.1. The second kappa shape index (κ2) is 3.95. The molecule has 0 aliphatic rings. The van der Waals surface area contributed by atoms with Crippen LogP contribution in [0.5, 0.6) is 0 Å². The van der Waals surface area contributed by atoms with Crippen molar-refractivity contribution in [3.8, 4) is 0 Å². The van der Waals surface area contributed by atoms with Gasteiger partial charge in [0.25, 0.3) is 0 Å². The van der Waals surface area contributed by atoms with E-state index in [1.165, 1.54) is 0 Å². The Balaban J connectivity index is 2.42. The molecular weight excluding hydrogens is 224 g/mol. The first-order chi connectivity index (χ1) is 8.70. The molecule has 0 saturated heterocycles. The van der Waals surface area contributed by atoms with Gasteiger partial charge in [-0.1, -0.05) is 6.92 Å². The molecule has 0 amide bonds. The average Bonchev–Trinajstić information content (AvgIpc) is 2.86. The number of rotatable bonds is 2. The summed E-state index contributed by atoms with van der Waals surface area (Å²) >= 11 is 0. The van der Waals surface area contributed by atoms with E-state index in [-0.39, 0.29) is 5.78 Å². The van der Waals surface area contributed by atoms with Crippen molar-refractivity contribution in [2.45, 2.75) is 20.3 Å². The first-order valence-electron chi connectivity index (χ1n) is 6.11. The van der Waals surface area contributed by atoms with Crippen LogP contribution in [0.15, 0.2) is 36.5 Å². The SMILES string of the molecule is CCc1nc2cc(C(C)=O)ccc2n2cccc12. The number of hydrogen-bond donors (Lipinski definition) is 0. The third-order valence-corrected chi connectivity index (χ3v) is 3.28. The van der Waals surface area contributed by atoms with Crippen LogP contribution in [0.4, 0.5) is 0 Å². The molecule has 3 rings (SSSR count). The van der Waals surface area contributed by atoms with Gasteiger partial charge in [-0.3, -0.25) is 4.79 Å². The highest BCUT2D eigenvalue weighted by molar-refractivity contribution is 5.97. The largest absolute Gasteiger partial charge is 0.313 e. The predicted molar refractivity (Wildman–Crippen MR) is 72.1 cm³/mol. The number of carbonyl (C=O) groups excluding carboxylic acids is 1. The van der Waals surface area contributed by atoms with Crippen LogP contribution in [0.1, 0.15) is 29.9 Å². The molecule has 0 unspecified atom stereocenters. The number of fused-ring (bicyclic) bond motifs is 3. The second-order valence-corrected chi connectivity index (χ2v) is 4.44. The molecule has 3 aromatic rings. The van der Waals surface area contributed by atoms with Crippen molar-refractivity contribution in [1.29, 1.82) is 0 Å². The highest BCUT2D eigenvalue weighted by Gasteiger charge is 2.08. The van der Waals surface area contributed by atoms with Crippen LogP contribution in [0, 0.1) is 0 Å². The summed E-state index contributed by atoms with van der Waals surface area (Å²) in [6.45, 7) is 3.67. The molecule has 1 aromatic carbocycles. The van der Waals surface area contributed by atoms with E-state index in [1.54, 1.807) is 6.92 Å². The summed E-state index contributed by atoms with van der Waals surface area (Å²) in [6.07, 6.45) is 2.92. The maximum Gasteiger partial charge on any atom is 0.159 e. The van der Waals surface area contributed by atoms with Crippen LogP contribution >= 0.6 is 0 Å². The summed E-state index contributed by atoms with van der Waals surface area (Å²) < 4.78 is 2.13. The minimum absolute atomic E-state index is 0.0735. The van der Waals surface area contributed by atoms with E-state index in [0.29, 0.717) is 5.56 Å². The van der Waals surface area contributed by atoms with Crippen LogP contribution in [0.25, 0.3) is 16.6 Å². The Morgan fingerprint density at radius 3 is 2.83 bits per heavy atom. The van der Waals surface area contributed by atoms with E-state index in [4.69, 9.17) is 0 Å². The van der Waals surface area contributed by atoms with E-state index in [2.05, 4.69) is 22.4 Å². The summed E-state index contributed by atoms with van der Waals surface area (Å²) in [4.78, 5) is 16.1. The van der Waals surface area contributed by atoms with Crippen LogP contribution < -0.4 is 0 Å². The number of hydrogen-bond acceptors (Lipinski definition) is 2. The number of aromatic nitrogens is 2. The number of benzene rings is 1. The van der Waals surface area contributed by atoms with Gasteiger partial charge in [0, 0.05) is 11.8 Å². The van der Waals surface area contributed by atoms with E-state index in [0.717, 1.165) is 28.7 Å². The zero-order valence-electron chi connectivity index (χ0n) is 10.5. The molecular formula is C15H14N2O. The standard InChI is InChI=1S/C15H14N2O/c1-3-12-14-5-4-8-17(14)15-7-6-11(10(2)18)9-13(15)16-12/h4-9H,3H2,1-2H3. The number of nitrogens with zero attached hydrogens (tertiary/aromatic N) is 2. The minimum Gasteiger partial charge on any atom is -0.313 e. The number of carbonyl (C=O) groups is 1. The molecule has 0 saturated carbocycles. The highest BCUT2D eigenvalue weighted by atomic mass is 16.1. The topological polar surface area (TPSA) is 34.4 Å². The van der Waals surface area contributed by atoms with Gasteiger partial charge in [-0.25, -0.2) is 4.98 Å². The fraction of sp³-hybridized carbons (Fsp3) is 0.200. The Labute approximate surface area is 105 Å². The first-order valence-corrected chi connectivity index (χ1v) is 6.11. The van der Waals surface area contributed by atoms with Crippen molar-refractivity contribution in [3.63, 3.8) is 0 Å². The van der Waals surface area contributed by atoms with Gasteiger partial charge in [0.2, 0.25) is 0 Å². The lowest BCUT2D eigenvalue weighted by Crippen LogP contribution is -1.99. The van der Waals surface area contributed by atoms with Crippen molar-refractivity contribution in [1.82, 2.24) is 9.38 Å². The van der Waals surface area contributed by atoms with E-state index in [1.807, 2.05) is 30.5 Å². The molecule has 0 atom stereocenters. The molecule has 0 fully saturated rings. The van der Waals surface area contributed by atoms with Gasteiger partial charge in [0.1, 0.15) is 0 Å². The molecule has 0 aliphatic carbocycles. The van der Waals surface area contributed by atoms with E-state index in [9.17, 15) is 4.79 Å². The average molecular weight is 238 g/mol. The zero-order chi connectivity index (χ0) is 12.7. The maximum atomic E-state index is 11.4. The lowest BCUT2D eigenvalue weighted by Gasteiger charge is -2.07. The summed E-state index contributed by atoms with van der Waals surface area (Å²) in [7, 11) is 0. The Bertz CT molecular complexity index is 756. The van der Waals surface area contributed by atoms with Crippen molar-refractivity contribution in [3.05, 3.63) is 47.8 Å². The van der Waals surface area contributed by atoms with Crippen LogP contribution in [0.2, 0.25) is 0 Å². The monoisotopic (exact) mass is 238 g/mol. The van der Waals surface area contributed by atoms with Crippen LogP contribution in [-0.4, -0.2) is 15.2 Å². The van der Waals surface area contributed by atoms with Gasteiger partial charge in [-0.2, -0.15) is 0 Å². The van der Waals surface area contributed by atoms with Gasteiger partial charge >= 0.3 is 0 Å². The van der Waals surface area contributed by atoms with Crippen LogP contribution in [-0.2, 0) is 6.42 Å². The summed E-state index contributed by atoms with van der Waals surface area (Å²) in [5.41, 5.74) is 4.83. The van der Waals surface area contributed by atoms with E-state index < -0.39 is 0 Å². The number of Topliss-reactive ketones (excluding diaryl/α,β-unsaturated/α-hetero) is 1. The first kappa shape index (κ1) is 11.0. The zero-order valence-corrected chi connectivity index (χ0v) is 10.5. The molecule has 0 aliphatic heterocycles. The van der Waals surface area contributed by atoms with Crippen molar-refractivity contribution in [2.24, 2.45) is 0 Å². The fourth-order valence-electron chi connectivity index (χ4n) is 2.32. The molecule has 3 heteroatoms. The highest BCUT2D eigenvalue weighted by Crippen LogP contribution is 2.20. The number of ketones is 1. The van der Waals surface area contributed by atoms with Gasteiger partial charge in [0.15, 0.2) is 5.78 Å². The van der Waals surface area contributed by atoms with E-state index >= 15 is 0 Å². The van der Waals surface area contributed by atoms with Gasteiger partial charge in [-0.05, 0) is 43.7 Å². The van der Waals surface area contributed by atoms with Crippen molar-refractivity contribution in [2.75, 3.05) is 0 Å². The van der Waals surface area contributed by atoms with Gasteiger partial charge < -0.3 is 4.40 Å². The predicted octanol–water partition coefficient (Wildman–Crippen LogP) is 3.25. The molecule has 0 N–H and O–H groups in total. The quantitative estimate of drug-likeness (QED) is 0.642. The summed E-state index contributed by atoms with van der Waals surface area (Å²) in [5.74, 6) is 0.0735. The third-order valence-electron chi connectivity index (χ3n) is 3.28. The second-order valence-electron chi connectivity index (χ2n) is 4.44. The van der Waals surface area contributed by atoms with Crippen molar-refractivity contribution < 1.29 is 4.79 Å². The molecule has 0 spiro atoms. The smallest absolute Gasteiger partial charge is 0.159 e.